The van der Waals surface area contributed by atoms with Gasteiger partial charge in [0.2, 0.25) is 0 Å². The van der Waals surface area contributed by atoms with Crippen molar-refractivity contribution in [3.05, 3.63) is 35.7 Å². The fourth-order valence-corrected chi connectivity index (χ4v) is 1.07. The molecule has 0 saturated carbocycles. The number of hydrogen-bond donors (Lipinski definition) is 1. The Labute approximate surface area is 77.5 Å². The fraction of sp³-hybridized carbons (Fsp3) is 0.200. The van der Waals surface area contributed by atoms with Crippen LogP contribution in [0.25, 0.3) is 6.08 Å². The predicted octanol–water partition coefficient (Wildman–Crippen LogP) is 1.39. The van der Waals surface area contributed by atoms with E-state index in [1.807, 2.05) is 13.0 Å². The average Bonchev–Trinajstić information content (AvgIpc) is 2.16. The summed E-state index contributed by atoms with van der Waals surface area (Å²) in [6.45, 7) is 5.52. The number of nitrogens with zero attached hydrogens (tertiary/aromatic N) is 1. The minimum Gasteiger partial charge on any atom is -0.355 e. The number of aromatic nitrogens is 1. The van der Waals surface area contributed by atoms with E-state index in [4.69, 9.17) is 0 Å². The lowest BCUT2D eigenvalue weighted by Crippen LogP contribution is -2.19. The van der Waals surface area contributed by atoms with Crippen molar-refractivity contribution in [2.45, 2.75) is 6.92 Å². The quantitative estimate of drug-likeness (QED) is 0.740. The maximum absolute atomic E-state index is 11.3. The van der Waals surface area contributed by atoms with E-state index in [9.17, 15) is 4.79 Å². The Hall–Kier alpha value is -1.64. The van der Waals surface area contributed by atoms with Crippen LogP contribution in [0, 0.1) is 6.92 Å². The smallest absolute Gasteiger partial charge is 0.253 e. The van der Waals surface area contributed by atoms with Crippen LogP contribution in [0.15, 0.2) is 18.8 Å². The standard InChI is InChI=1S/C10H12N2O/c1-4-8-5-7(2)12-6-9(8)10(13)11-3/h4-6H,1H2,2-3H3,(H,11,13). The Kier molecular flexibility index (Phi) is 2.80. The summed E-state index contributed by atoms with van der Waals surface area (Å²) in [5.74, 6) is -0.137. The van der Waals surface area contributed by atoms with Gasteiger partial charge in [-0.3, -0.25) is 9.78 Å². The second kappa shape index (κ2) is 3.85. The lowest BCUT2D eigenvalue weighted by Gasteiger charge is -2.04. The maximum atomic E-state index is 11.3. The minimum atomic E-state index is -0.137. The second-order valence-electron chi connectivity index (χ2n) is 2.70. The van der Waals surface area contributed by atoms with Crippen LogP contribution in [0.3, 0.4) is 0 Å². The molecule has 1 aromatic heterocycles. The summed E-state index contributed by atoms with van der Waals surface area (Å²) in [7, 11) is 1.59. The first kappa shape index (κ1) is 9.45. The number of pyridine rings is 1. The van der Waals surface area contributed by atoms with Gasteiger partial charge in [-0.15, -0.1) is 0 Å². The topological polar surface area (TPSA) is 42.0 Å². The molecule has 1 heterocycles. The molecule has 0 radical (unpaired) electrons. The van der Waals surface area contributed by atoms with Gasteiger partial charge in [0.15, 0.2) is 0 Å². The van der Waals surface area contributed by atoms with Crippen LogP contribution in [-0.4, -0.2) is 17.9 Å². The van der Waals surface area contributed by atoms with Gasteiger partial charge in [0.05, 0.1) is 5.56 Å². The summed E-state index contributed by atoms with van der Waals surface area (Å²) in [6.07, 6.45) is 3.21. The van der Waals surface area contributed by atoms with Crippen molar-refractivity contribution < 1.29 is 4.79 Å². The van der Waals surface area contributed by atoms with E-state index in [0.29, 0.717) is 5.56 Å². The molecule has 0 fully saturated rings. The van der Waals surface area contributed by atoms with Gasteiger partial charge in [-0.05, 0) is 18.6 Å². The monoisotopic (exact) mass is 176 g/mol. The molecule has 0 aliphatic carbocycles. The van der Waals surface area contributed by atoms with Crippen LogP contribution in [-0.2, 0) is 0 Å². The number of hydrogen-bond acceptors (Lipinski definition) is 2. The Morgan fingerprint density at radius 3 is 2.92 bits per heavy atom. The van der Waals surface area contributed by atoms with Crippen molar-refractivity contribution in [2.24, 2.45) is 0 Å². The van der Waals surface area contributed by atoms with Crippen molar-refractivity contribution in [2.75, 3.05) is 7.05 Å². The first-order valence-electron chi connectivity index (χ1n) is 4.00. The third kappa shape index (κ3) is 1.93. The highest BCUT2D eigenvalue weighted by molar-refractivity contribution is 5.97. The summed E-state index contributed by atoms with van der Waals surface area (Å²) in [4.78, 5) is 15.4. The Morgan fingerprint density at radius 1 is 1.69 bits per heavy atom. The molecule has 0 saturated heterocycles. The first-order chi connectivity index (χ1) is 6.19. The molecule has 3 nitrogen and oxygen atoms in total. The fourth-order valence-electron chi connectivity index (χ4n) is 1.07. The van der Waals surface area contributed by atoms with Gasteiger partial charge < -0.3 is 5.32 Å². The molecule has 1 amide bonds. The molecule has 0 atom stereocenters. The normalized spacial score (nSPS) is 9.38. The van der Waals surface area contributed by atoms with Crippen LogP contribution in [0.2, 0.25) is 0 Å². The number of carbonyl (C=O) groups excluding carboxylic acids is 1. The van der Waals surface area contributed by atoms with E-state index >= 15 is 0 Å². The molecule has 0 bridgehead atoms. The van der Waals surface area contributed by atoms with Gasteiger partial charge in [-0.25, -0.2) is 0 Å². The highest BCUT2D eigenvalue weighted by Gasteiger charge is 2.07. The molecule has 1 rings (SSSR count). The van der Waals surface area contributed by atoms with Crippen molar-refractivity contribution in [3.8, 4) is 0 Å². The van der Waals surface area contributed by atoms with E-state index in [2.05, 4.69) is 16.9 Å². The van der Waals surface area contributed by atoms with E-state index < -0.39 is 0 Å². The third-order valence-corrected chi connectivity index (χ3v) is 1.76. The van der Waals surface area contributed by atoms with E-state index in [0.717, 1.165) is 11.3 Å². The zero-order chi connectivity index (χ0) is 9.84. The molecule has 0 unspecified atom stereocenters. The molecule has 0 aliphatic rings. The van der Waals surface area contributed by atoms with E-state index in [1.54, 1.807) is 19.3 Å². The van der Waals surface area contributed by atoms with E-state index in [1.165, 1.54) is 0 Å². The average molecular weight is 176 g/mol. The third-order valence-electron chi connectivity index (χ3n) is 1.76. The summed E-state index contributed by atoms with van der Waals surface area (Å²) in [6, 6.07) is 1.83. The van der Waals surface area contributed by atoms with Gasteiger partial charge in [-0.2, -0.15) is 0 Å². The van der Waals surface area contributed by atoms with Crippen molar-refractivity contribution in [1.29, 1.82) is 0 Å². The molecule has 0 aromatic carbocycles. The first-order valence-corrected chi connectivity index (χ1v) is 4.00. The molecular formula is C10H12N2O. The van der Waals surface area contributed by atoms with Gasteiger partial charge in [0, 0.05) is 18.9 Å². The second-order valence-corrected chi connectivity index (χ2v) is 2.70. The molecule has 0 aliphatic heterocycles. The number of rotatable bonds is 2. The van der Waals surface area contributed by atoms with Gasteiger partial charge >= 0.3 is 0 Å². The summed E-state index contributed by atoms with van der Waals surface area (Å²) >= 11 is 0. The van der Waals surface area contributed by atoms with Crippen molar-refractivity contribution in [3.63, 3.8) is 0 Å². The summed E-state index contributed by atoms with van der Waals surface area (Å²) < 4.78 is 0. The molecule has 1 aromatic rings. The van der Waals surface area contributed by atoms with E-state index in [-0.39, 0.29) is 5.91 Å². The Balaban J connectivity index is 3.20. The van der Waals surface area contributed by atoms with Crippen LogP contribution >= 0.6 is 0 Å². The minimum absolute atomic E-state index is 0.137. The van der Waals surface area contributed by atoms with Crippen LogP contribution in [0.5, 0.6) is 0 Å². The number of carbonyl (C=O) groups is 1. The SMILES string of the molecule is C=Cc1cc(C)ncc1C(=O)NC. The largest absolute Gasteiger partial charge is 0.355 e. The van der Waals surface area contributed by atoms with Crippen LogP contribution < -0.4 is 5.32 Å². The maximum Gasteiger partial charge on any atom is 0.253 e. The highest BCUT2D eigenvalue weighted by atomic mass is 16.1. The number of nitrogens with one attached hydrogen (secondary N) is 1. The Bertz CT molecular complexity index is 345. The molecule has 3 heteroatoms. The molecular weight excluding hydrogens is 164 g/mol. The lowest BCUT2D eigenvalue weighted by molar-refractivity contribution is 0.0962. The zero-order valence-corrected chi connectivity index (χ0v) is 7.79. The number of amides is 1. The Morgan fingerprint density at radius 2 is 2.38 bits per heavy atom. The van der Waals surface area contributed by atoms with Crippen LogP contribution in [0.1, 0.15) is 21.6 Å². The molecule has 0 spiro atoms. The van der Waals surface area contributed by atoms with Crippen molar-refractivity contribution >= 4 is 12.0 Å². The highest BCUT2D eigenvalue weighted by Crippen LogP contribution is 2.10. The van der Waals surface area contributed by atoms with Gasteiger partial charge in [-0.1, -0.05) is 12.7 Å². The predicted molar refractivity (Wildman–Crippen MR) is 52.5 cm³/mol. The summed E-state index contributed by atoms with van der Waals surface area (Å²) in [5.41, 5.74) is 2.25. The van der Waals surface area contributed by atoms with Crippen molar-refractivity contribution in [1.82, 2.24) is 10.3 Å². The molecule has 68 valence electrons. The molecule has 1 N–H and O–H groups in total. The van der Waals surface area contributed by atoms with Crippen LogP contribution in [0.4, 0.5) is 0 Å². The zero-order valence-electron chi connectivity index (χ0n) is 7.79. The summed E-state index contributed by atoms with van der Waals surface area (Å²) in [5, 5.41) is 2.55. The van der Waals surface area contributed by atoms with Gasteiger partial charge in [0.1, 0.15) is 0 Å². The lowest BCUT2D eigenvalue weighted by atomic mass is 10.1. The number of aryl methyl sites for hydroxylation is 1. The molecule has 13 heavy (non-hydrogen) atoms. The van der Waals surface area contributed by atoms with Gasteiger partial charge in [0.25, 0.3) is 5.91 Å².